The summed E-state index contributed by atoms with van der Waals surface area (Å²) >= 11 is 5.95. The third kappa shape index (κ3) is 5.44. The van der Waals surface area contributed by atoms with Crippen molar-refractivity contribution in [1.82, 2.24) is 4.98 Å². The van der Waals surface area contributed by atoms with Crippen molar-refractivity contribution in [3.8, 4) is 0 Å². The van der Waals surface area contributed by atoms with E-state index in [4.69, 9.17) is 21.4 Å². The minimum Gasteiger partial charge on any atom is -0.478 e. The van der Waals surface area contributed by atoms with Gasteiger partial charge in [0.25, 0.3) is 0 Å². The number of nitrogens with zero attached hydrogens (tertiary/aromatic N) is 1. The monoisotopic (exact) mass is 286 g/mol. The normalized spacial score (nSPS) is 10.7. The van der Waals surface area contributed by atoms with E-state index < -0.39 is 5.97 Å². The van der Waals surface area contributed by atoms with E-state index in [0.717, 1.165) is 19.4 Å². The van der Waals surface area contributed by atoms with Gasteiger partial charge in [0.1, 0.15) is 5.82 Å². The minimum atomic E-state index is -1.05. The Morgan fingerprint density at radius 1 is 1.53 bits per heavy atom. The van der Waals surface area contributed by atoms with E-state index in [-0.39, 0.29) is 16.7 Å². The summed E-state index contributed by atoms with van der Waals surface area (Å²) < 4.78 is 5.42. The van der Waals surface area contributed by atoms with Gasteiger partial charge >= 0.3 is 5.97 Å². The van der Waals surface area contributed by atoms with Crippen LogP contribution in [-0.4, -0.2) is 35.3 Å². The number of ether oxygens (including phenoxy) is 1. The lowest BCUT2D eigenvalue weighted by molar-refractivity contribution is 0.0697. The molecular weight excluding hydrogens is 268 g/mol. The van der Waals surface area contributed by atoms with Crippen LogP contribution < -0.4 is 5.32 Å². The van der Waals surface area contributed by atoms with Crippen LogP contribution in [0.3, 0.4) is 0 Å². The molecule has 0 aliphatic rings. The molecule has 0 aliphatic carbocycles. The van der Waals surface area contributed by atoms with Crippen LogP contribution in [0.4, 0.5) is 5.82 Å². The lowest BCUT2D eigenvalue weighted by Crippen LogP contribution is -2.09. The first-order chi connectivity index (χ1) is 9.02. The highest BCUT2D eigenvalue weighted by molar-refractivity contribution is 6.35. The molecule has 0 unspecified atom stereocenters. The molecule has 19 heavy (non-hydrogen) atoms. The van der Waals surface area contributed by atoms with Crippen molar-refractivity contribution < 1.29 is 14.6 Å². The van der Waals surface area contributed by atoms with Crippen LogP contribution in [0, 0.1) is 0 Å². The van der Waals surface area contributed by atoms with Gasteiger partial charge in [0.2, 0.25) is 0 Å². The van der Waals surface area contributed by atoms with Crippen molar-refractivity contribution in [2.24, 2.45) is 0 Å². The van der Waals surface area contributed by atoms with Gasteiger partial charge in [-0.05, 0) is 32.8 Å². The lowest BCUT2D eigenvalue weighted by atomic mass is 10.2. The Bertz CT molecular complexity index is 424. The molecule has 1 aromatic rings. The second-order valence-electron chi connectivity index (χ2n) is 4.38. The van der Waals surface area contributed by atoms with Crippen LogP contribution >= 0.6 is 11.6 Å². The van der Waals surface area contributed by atoms with Crippen molar-refractivity contribution in [3.05, 3.63) is 22.8 Å². The third-order valence-corrected chi connectivity index (χ3v) is 2.82. The molecule has 2 N–H and O–H groups in total. The van der Waals surface area contributed by atoms with Gasteiger partial charge in [0.15, 0.2) is 0 Å². The van der Waals surface area contributed by atoms with E-state index in [1.807, 2.05) is 13.8 Å². The standard InChI is InChI=1S/C13H19ClN2O3/c1-9(2)19-8-4-3-6-15-12-11(14)10(13(17)18)5-7-16-12/h5,7,9H,3-4,6,8H2,1-2H3,(H,15,16)(H,17,18). The van der Waals surface area contributed by atoms with Crippen LogP contribution in [0.15, 0.2) is 12.3 Å². The molecule has 0 bridgehead atoms. The van der Waals surface area contributed by atoms with Crippen molar-refractivity contribution >= 4 is 23.4 Å². The lowest BCUT2D eigenvalue weighted by Gasteiger charge is -2.10. The topological polar surface area (TPSA) is 71.5 Å². The molecule has 5 nitrogen and oxygen atoms in total. The molecule has 0 aromatic carbocycles. The van der Waals surface area contributed by atoms with Crippen molar-refractivity contribution in [2.45, 2.75) is 32.8 Å². The molecule has 1 heterocycles. The number of carboxylic acid groups (broad SMARTS) is 1. The summed E-state index contributed by atoms with van der Waals surface area (Å²) in [5.41, 5.74) is 0.0577. The molecule has 0 spiro atoms. The summed E-state index contributed by atoms with van der Waals surface area (Å²) in [6, 6.07) is 1.38. The predicted molar refractivity (Wildman–Crippen MR) is 75.0 cm³/mol. The molecular formula is C13H19ClN2O3. The first-order valence-electron chi connectivity index (χ1n) is 6.25. The number of hydrogen-bond donors (Lipinski definition) is 2. The number of aromatic carboxylic acids is 1. The molecule has 106 valence electrons. The van der Waals surface area contributed by atoms with Gasteiger partial charge in [-0.25, -0.2) is 9.78 Å². The molecule has 0 radical (unpaired) electrons. The van der Waals surface area contributed by atoms with Crippen LogP contribution in [0.5, 0.6) is 0 Å². The number of carboxylic acids is 1. The Morgan fingerprint density at radius 3 is 2.89 bits per heavy atom. The number of carbonyl (C=O) groups is 1. The minimum absolute atomic E-state index is 0.0577. The second-order valence-corrected chi connectivity index (χ2v) is 4.76. The summed E-state index contributed by atoms with van der Waals surface area (Å²) in [4.78, 5) is 14.9. The highest BCUT2D eigenvalue weighted by atomic mass is 35.5. The van der Waals surface area contributed by atoms with Gasteiger partial charge in [0, 0.05) is 19.3 Å². The zero-order valence-electron chi connectivity index (χ0n) is 11.1. The van der Waals surface area contributed by atoms with E-state index in [2.05, 4.69) is 10.3 Å². The quantitative estimate of drug-likeness (QED) is 0.719. The summed E-state index contributed by atoms with van der Waals surface area (Å²) in [6.07, 6.45) is 3.51. The number of aromatic nitrogens is 1. The number of unbranched alkanes of at least 4 members (excludes halogenated alkanes) is 1. The Labute approximate surface area is 117 Å². The van der Waals surface area contributed by atoms with Gasteiger partial charge in [-0.3, -0.25) is 0 Å². The van der Waals surface area contributed by atoms with Crippen LogP contribution in [0.2, 0.25) is 5.02 Å². The third-order valence-electron chi connectivity index (χ3n) is 2.43. The molecule has 0 aliphatic heterocycles. The molecule has 0 saturated heterocycles. The van der Waals surface area contributed by atoms with E-state index in [0.29, 0.717) is 12.4 Å². The second kappa shape index (κ2) is 7.96. The van der Waals surface area contributed by atoms with Gasteiger partial charge < -0.3 is 15.2 Å². The molecule has 1 aromatic heterocycles. The predicted octanol–water partition coefficient (Wildman–Crippen LogP) is 3.05. The maximum atomic E-state index is 10.9. The number of pyridine rings is 1. The molecule has 0 amide bonds. The van der Waals surface area contributed by atoms with Crippen molar-refractivity contribution in [2.75, 3.05) is 18.5 Å². The number of rotatable bonds is 8. The summed E-state index contributed by atoms with van der Waals surface area (Å²) in [6.45, 7) is 5.39. The zero-order chi connectivity index (χ0) is 14.3. The van der Waals surface area contributed by atoms with Gasteiger partial charge in [0.05, 0.1) is 16.7 Å². The number of halogens is 1. The Morgan fingerprint density at radius 2 is 2.26 bits per heavy atom. The SMILES string of the molecule is CC(C)OCCCCNc1nccc(C(=O)O)c1Cl. The van der Waals surface area contributed by atoms with E-state index in [9.17, 15) is 4.79 Å². The summed E-state index contributed by atoms with van der Waals surface area (Å²) in [5, 5.41) is 12.1. The van der Waals surface area contributed by atoms with E-state index in [1.54, 1.807) is 0 Å². The molecule has 6 heteroatoms. The first-order valence-corrected chi connectivity index (χ1v) is 6.63. The van der Waals surface area contributed by atoms with Crippen molar-refractivity contribution in [3.63, 3.8) is 0 Å². The maximum absolute atomic E-state index is 10.9. The Hall–Kier alpha value is -1.33. The fourth-order valence-corrected chi connectivity index (χ4v) is 1.74. The fraction of sp³-hybridized carbons (Fsp3) is 0.538. The van der Waals surface area contributed by atoms with E-state index >= 15 is 0 Å². The Kier molecular flexibility index (Phi) is 6.59. The maximum Gasteiger partial charge on any atom is 0.337 e. The highest BCUT2D eigenvalue weighted by Gasteiger charge is 2.12. The number of anilines is 1. The molecule has 1 rings (SSSR count). The average molecular weight is 287 g/mol. The average Bonchev–Trinajstić information content (AvgIpc) is 2.34. The molecule has 0 saturated carbocycles. The first kappa shape index (κ1) is 15.7. The van der Waals surface area contributed by atoms with Gasteiger partial charge in [-0.2, -0.15) is 0 Å². The summed E-state index contributed by atoms with van der Waals surface area (Å²) in [7, 11) is 0. The van der Waals surface area contributed by atoms with Gasteiger partial charge in [-0.1, -0.05) is 11.6 Å². The van der Waals surface area contributed by atoms with Gasteiger partial charge in [-0.15, -0.1) is 0 Å². The largest absolute Gasteiger partial charge is 0.478 e. The zero-order valence-corrected chi connectivity index (χ0v) is 11.9. The number of hydrogen-bond acceptors (Lipinski definition) is 4. The highest BCUT2D eigenvalue weighted by Crippen LogP contribution is 2.23. The Balaban J connectivity index is 2.37. The summed E-state index contributed by atoms with van der Waals surface area (Å²) in [5.74, 6) is -0.646. The fourth-order valence-electron chi connectivity index (χ4n) is 1.49. The van der Waals surface area contributed by atoms with E-state index in [1.165, 1.54) is 12.3 Å². The smallest absolute Gasteiger partial charge is 0.337 e. The number of nitrogens with one attached hydrogen (secondary N) is 1. The molecule has 0 atom stereocenters. The van der Waals surface area contributed by atoms with Crippen molar-refractivity contribution in [1.29, 1.82) is 0 Å². The van der Waals surface area contributed by atoms with Crippen LogP contribution in [0.1, 0.15) is 37.0 Å². The van der Waals surface area contributed by atoms with Crippen LogP contribution in [-0.2, 0) is 4.74 Å². The molecule has 0 fully saturated rings. The van der Waals surface area contributed by atoms with Crippen LogP contribution in [0.25, 0.3) is 0 Å².